The van der Waals surface area contributed by atoms with Crippen molar-refractivity contribution in [3.8, 4) is 0 Å². The van der Waals surface area contributed by atoms with E-state index >= 15 is 0 Å². The summed E-state index contributed by atoms with van der Waals surface area (Å²) in [5.74, 6) is -0.131. The van der Waals surface area contributed by atoms with E-state index in [2.05, 4.69) is 31.4 Å². The molecule has 6 nitrogen and oxygen atoms in total. The average Bonchev–Trinajstić information content (AvgIpc) is 3.10. The predicted molar refractivity (Wildman–Crippen MR) is 101 cm³/mol. The van der Waals surface area contributed by atoms with Crippen LogP contribution in [0.2, 0.25) is 0 Å². The molecule has 7 heteroatoms. The number of nitrogens with zero attached hydrogens (tertiary/aromatic N) is 4. The molecule has 0 aliphatic heterocycles. The van der Waals surface area contributed by atoms with Gasteiger partial charge in [-0.2, -0.15) is 10.2 Å². The number of amides is 1. The van der Waals surface area contributed by atoms with Gasteiger partial charge in [0.1, 0.15) is 0 Å². The van der Waals surface area contributed by atoms with Gasteiger partial charge in [-0.3, -0.25) is 14.2 Å². The molecule has 0 aliphatic carbocycles. The number of halogens is 1. The minimum atomic E-state index is -0.131. The number of rotatable bonds is 5. The SMILES string of the molecule is CCn1nc(C)c(C(=O)Nc2cccc(Cn3cc(Br)cn3)c2)c1C. The lowest BCUT2D eigenvalue weighted by molar-refractivity contribution is 0.102. The molecule has 1 N–H and O–H groups in total. The highest BCUT2D eigenvalue weighted by molar-refractivity contribution is 9.10. The van der Waals surface area contributed by atoms with E-state index in [0.717, 1.165) is 33.7 Å². The van der Waals surface area contributed by atoms with Gasteiger partial charge in [-0.25, -0.2) is 0 Å². The van der Waals surface area contributed by atoms with Crippen LogP contribution in [0.5, 0.6) is 0 Å². The Labute approximate surface area is 155 Å². The fourth-order valence-corrected chi connectivity index (χ4v) is 3.21. The van der Waals surface area contributed by atoms with E-state index in [4.69, 9.17) is 0 Å². The van der Waals surface area contributed by atoms with Crippen LogP contribution < -0.4 is 5.32 Å². The van der Waals surface area contributed by atoms with Crippen LogP contribution in [0.3, 0.4) is 0 Å². The number of nitrogens with one attached hydrogen (secondary N) is 1. The summed E-state index contributed by atoms with van der Waals surface area (Å²) in [6, 6.07) is 7.78. The number of benzene rings is 1. The third-order valence-electron chi connectivity index (χ3n) is 4.04. The molecule has 2 heterocycles. The summed E-state index contributed by atoms with van der Waals surface area (Å²) in [6.07, 6.45) is 3.67. The topological polar surface area (TPSA) is 64.7 Å². The Morgan fingerprint density at radius 3 is 2.76 bits per heavy atom. The standard InChI is InChI=1S/C18H20BrN5O/c1-4-24-13(3)17(12(2)22-24)18(25)21-16-7-5-6-14(8-16)10-23-11-15(19)9-20-23/h5-9,11H,4,10H2,1-3H3,(H,21,25). The first-order valence-electron chi connectivity index (χ1n) is 8.10. The van der Waals surface area contributed by atoms with Crippen LogP contribution in [-0.2, 0) is 13.1 Å². The van der Waals surface area contributed by atoms with E-state index in [-0.39, 0.29) is 5.91 Å². The fraction of sp³-hybridized carbons (Fsp3) is 0.278. The number of hydrogen-bond acceptors (Lipinski definition) is 3. The van der Waals surface area contributed by atoms with Gasteiger partial charge in [0, 0.05) is 24.1 Å². The molecule has 1 aromatic carbocycles. The van der Waals surface area contributed by atoms with Gasteiger partial charge in [0.05, 0.1) is 28.5 Å². The molecule has 1 amide bonds. The van der Waals surface area contributed by atoms with Crippen LogP contribution >= 0.6 is 15.9 Å². The third-order valence-corrected chi connectivity index (χ3v) is 4.45. The van der Waals surface area contributed by atoms with Crippen molar-refractivity contribution < 1.29 is 4.79 Å². The lowest BCUT2D eigenvalue weighted by Gasteiger charge is -2.08. The second-order valence-corrected chi connectivity index (χ2v) is 6.79. The van der Waals surface area contributed by atoms with Crippen LogP contribution in [0.1, 0.15) is 34.2 Å². The van der Waals surface area contributed by atoms with Crippen molar-refractivity contribution in [1.29, 1.82) is 0 Å². The van der Waals surface area contributed by atoms with Crippen molar-refractivity contribution in [2.24, 2.45) is 0 Å². The quantitative estimate of drug-likeness (QED) is 0.707. The second-order valence-electron chi connectivity index (χ2n) is 5.87. The molecule has 3 rings (SSSR count). The highest BCUT2D eigenvalue weighted by Gasteiger charge is 2.18. The number of aryl methyl sites for hydroxylation is 2. The molecule has 0 fully saturated rings. The van der Waals surface area contributed by atoms with Gasteiger partial charge >= 0.3 is 0 Å². The first-order chi connectivity index (χ1) is 12.0. The van der Waals surface area contributed by atoms with Gasteiger partial charge in [-0.05, 0) is 54.4 Å². The summed E-state index contributed by atoms with van der Waals surface area (Å²) >= 11 is 3.39. The molecule has 0 bridgehead atoms. The van der Waals surface area contributed by atoms with Gasteiger partial charge in [-0.15, -0.1) is 0 Å². The van der Waals surface area contributed by atoms with Crippen molar-refractivity contribution in [2.45, 2.75) is 33.9 Å². The Kier molecular flexibility index (Phi) is 5.03. The predicted octanol–water partition coefficient (Wildman–Crippen LogP) is 3.78. The number of aromatic nitrogens is 4. The molecule has 0 spiro atoms. The van der Waals surface area contributed by atoms with Gasteiger partial charge in [0.15, 0.2) is 0 Å². The molecule has 0 radical (unpaired) electrons. The van der Waals surface area contributed by atoms with E-state index in [9.17, 15) is 4.79 Å². The zero-order valence-corrected chi connectivity index (χ0v) is 16.0. The Morgan fingerprint density at radius 2 is 2.12 bits per heavy atom. The number of anilines is 1. The molecule has 0 aliphatic rings. The van der Waals surface area contributed by atoms with E-state index < -0.39 is 0 Å². The van der Waals surface area contributed by atoms with E-state index in [1.165, 1.54) is 0 Å². The number of carbonyl (C=O) groups excluding carboxylic acids is 1. The zero-order chi connectivity index (χ0) is 18.0. The summed E-state index contributed by atoms with van der Waals surface area (Å²) in [5, 5.41) is 11.6. The Bertz CT molecular complexity index is 912. The molecular weight excluding hydrogens is 382 g/mol. The summed E-state index contributed by atoms with van der Waals surface area (Å²) in [7, 11) is 0. The summed E-state index contributed by atoms with van der Waals surface area (Å²) in [5.41, 5.74) is 4.09. The molecule has 130 valence electrons. The van der Waals surface area contributed by atoms with Crippen LogP contribution in [0.4, 0.5) is 5.69 Å². The lowest BCUT2D eigenvalue weighted by Crippen LogP contribution is -2.14. The molecule has 0 unspecified atom stereocenters. The van der Waals surface area contributed by atoms with Crippen LogP contribution in [0, 0.1) is 13.8 Å². The van der Waals surface area contributed by atoms with Crippen molar-refractivity contribution in [3.63, 3.8) is 0 Å². The van der Waals surface area contributed by atoms with E-state index in [0.29, 0.717) is 12.1 Å². The average molecular weight is 402 g/mol. The van der Waals surface area contributed by atoms with Crippen LogP contribution in [-0.4, -0.2) is 25.5 Å². The third kappa shape index (κ3) is 3.82. The Morgan fingerprint density at radius 1 is 1.32 bits per heavy atom. The van der Waals surface area contributed by atoms with Crippen molar-refractivity contribution in [1.82, 2.24) is 19.6 Å². The maximum absolute atomic E-state index is 12.7. The minimum Gasteiger partial charge on any atom is -0.322 e. The molecule has 3 aromatic rings. The van der Waals surface area contributed by atoms with Crippen molar-refractivity contribution in [2.75, 3.05) is 5.32 Å². The van der Waals surface area contributed by atoms with E-state index in [1.807, 2.05) is 60.6 Å². The molecule has 0 atom stereocenters. The Hall–Kier alpha value is -2.41. The second kappa shape index (κ2) is 7.23. The summed E-state index contributed by atoms with van der Waals surface area (Å²) in [4.78, 5) is 12.7. The molecule has 2 aromatic heterocycles. The van der Waals surface area contributed by atoms with Crippen LogP contribution in [0.25, 0.3) is 0 Å². The first-order valence-corrected chi connectivity index (χ1v) is 8.89. The lowest BCUT2D eigenvalue weighted by atomic mass is 10.1. The molecular formula is C18H20BrN5O. The highest BCUT2D eigenvalue weighted by atomic mass is 79.9. The number of carbonyl (C=O) groups is 1. The van der Waals surface area contributed by atoms with E-state index in [1.54, 1.807) is 6.20 Å². The van der Waals surface area contributed by atoms with Gasteiger partial charge in [0.25, 0.3) is 5.91 Å². The van der Waals surface area contributed by atoms with Gasteiger partial charge < -0.3 is 5.32 Å². The summed E-state index contributed by atoms with van der Waals surface area (Å²) < 4.78 is 4.62. The maximum atomic E-state index is 12.7. The molecule has 25 heavy (non-hydrogen) atoms. The van der Waals surface area contributed by atoms with Crippen molar-refractivity contribution >= 4 is 27.5 Å². The fourth-order valence-electron chi connectivity index (χ4n) is 2.89. The highest BCUT2D eigenvalue weighted by Crippen LogP contribution is 2.18. The smallest absolute Gasteiger partial charge is 0.259 e. The monoisotopic (exact) mass is 401 g/mol. The normalized spacial score (nSPS) is 10.9. The first kappa shape index (κ1) is 17.4. The maximum Gasteiger partial charge on any atom is 0.259 e. The molecule has 0 saturated carbocycles. The van der Waals surface area contributed by atoms with Gasteiger partial charge in [0.2, 0.25) is 0 Å². The number of hydrogen-bond donors (Lipinski definition) is 1. The summed E-state index contributed by atoms with van der Waals surface area (Å²) in [6.45, 7) is 7.18. The largest absolute Gasteiger partial charge is 0.322 e. The minimum absolute atomic E-state index is 0.131. The van der Waals surface area contributed by atoms with Crippen LogP contribution in [0.15, 0.2) is 41.1 Å². The zero-order valence-electron chi connectivity index (χ0n) is 14.5. The van der Waals surface area contributed by atoms with Gasteiger partial charge in [-0.1, -0.05) is 12.1 Å². The molecule has 0 saturated heterocycles. The van der Waals surface area contributed by atoms with Crippen molar-refractivity contribution in [3.05, 3.63) is 63.6 Å². The Balaban J connectivity index is 1.78.